The van der Waals surface area contributed by atoms with Crippen LogP contribution in [0.4, 0.5) is 0 Å². The van der Waals surface area contributed by atoms with Gasteiger partial charge in [0.1, 0.15) is 0 Å². The van der Waals surface area contributed by atoms with Gasteiger partial charge in [-0.25, -0.2) is 8.42 Å². The summed E-state index contributed by atoms with van der Waals surface area (Å²) in [5, 5.41) is 2.85. The third kappa shape index (κ3) is 5.29. The summed E-state index contributed by atoms with van der Waals surface area (Å²) in [7, 11) is -1.44. The van der Waals surface area contributed by atoms with Gasteiger partial charge in [0.15, 0.2) is 9.84 Å². The molecule has 0 saturated carbocycles. The molecule has 1 atom stereocenters. The number of carbonyl (C=O) groups is 2. The fraction of sp³-hybridized carbons (Fsp3) is 0.556. The molecule has 6 nitrogen and oxygen atoms in total. The SMILES string of the molecule is CC(C)CCNC(=O)c1cccc(C(=O)N(C)C2CCS(=O)(=O)C2)c1. The van der Waals surface area contributed by atoms with Crippen molar-refractivity contribution in [3.8, 4) is 0 Å². The van der Waals surface area contributed by atoms with Crippen LogP contribution < -0.4 is 5.32 Å². The molecule has 0 bridgehead atoms. The number of benzene rings is 1. The lowest BCUT2D eigenvalue weighted by Gasteiger charge is -2.23. The minimum absolute atomic E-state index is 0.00458. The summed E-state index contributed by atoms with van der Waals surface area (Å²) in [4.78, 5) is 26.3. The van der Waals surface area contributed by atoms with E-state index in [4.69, 9.17) is 0 Å². The number of amides is 2. The molecule has 1 fully saturated rings. The van der Waals surface area contributed by atoms with Crippen molar-refractivity contribution in [1.29, 1.82) is 0 Å². The maximum Gasteiger partial charge on any atom is 0.253 e. The van der Waals surface area contributed by atoms with Gasteiger partial charge in [-0.2, -0.15) is 0 Å². The molecule has 7 heteroatoms. The zero-order valence-electron chi connectivity index (χ0n) is 15.0. The Balaban J connectivity index is 2.04. The van der Waals surface area contributed by atoms with Crippen molar-refractivity contribution in [3.05, 3.63) is 35.4 Å². The zero-order chi connectivity index (χ0) is 18.6. The Morgan fingerprint density at radius 3 is 2.56 bits per heavy atom. The highest BCUT2D eigenvalue weighted by Crippen LogP contribution is 2.19. The summed E-state index contributed by atoms with van der Waals surface area (Å²) < 4.78 is 23.2. The van der Waals surface area contributed by atoms with Crippen LogP contribution in [0.5, 0.6) is 0 Å². The molecule has 0 radical (unpaired) electrons. The van der Waals surface area contributed by atoms with Gasteiger partial charge < -0.3 is 10.2 Å². The summed E-state index contributed by atoms with van der Waals surface area (Å²) in [6.07, 6.45) is 1.35. The minimum Gasteiger partial charge on any atom is -0.352 e. The number of sulfone groups is 1. The van der Waals surface area contributed by atoms with E-state index in [-0.39, 0.29) is 29.4 Å². The molecule has 138 valence electrons. The molecule has 2 amide bonds. The predicted molar refractivity (Wildman–Crippen MR) is 97.4 cm³/mol. The zero-order valence-corrected chi connectivity index (χ0v) is 15.8. The molecule has 0 spiro atoms. The van der Waals surface area contributed by atoms with Gasteiger partial charge in [0, 0.05) is 30.8 Å². The van der Waals surface area contributed by atoms with Gasteiger partial charge in [-0.05, 0) is 37.0 Å². The Bertz CT molecular complexity index is 743. The first-order valence-electron chi connectivity index (χ1n) is 8.55. The van der Waals surface area contributed by atoms with Crippen molar-refractivity contribution in [1.82, 2.24) is 10.2 Å². The first-order chi connectivity index (χ1) is 11.7. The molecule has 25 heavy (non-hydrogen) atoms. The van der Waals surface area contributed by atoms with Crippen molar-refractivity contribution < 1.29 is 18.0 Å². The molecule has 1 aromatic carbocycles. The Hall–Kier alpha value is -1.89. The van der Waals surface area contributed by atoms with E-state index in [0.717, 1.165) is 6.42 Å². The van der Waals surface area contributed by atoms with Crippen molar-refractivity contribution >= 4 is 21.7 Å². The Morgan fingerprint density at radius 1 is 1.28 bits per heavy atom. The monoisotopic (exact) mass is 366 g/mol. The topological polar surface area (TPSA) is 83.6 Å². The first kappa shape index (κ1) is 19.4. The number of hydrogen-bond donors (Lipinski definition) is 1. The summed E-state index contributed by atoms with van der Waals surface area (Å²) in [6, 6.07) is 6.24. The lowest BCUT2D eigenvalue weighted by atomic mass is 10.1. The van der Waals surface area contributed by atoms with Gasteiger partial charge in [0.2, 0.25) is 0 Å². The maximum atomic E-state index is 12.6. The molecule has 2 rings (SSSR count). The van der Waals surface area contributed by atoms with E-state index < -0.39 is 9.84 Å². The van der Waals surface area contributed by atoms with Crippen molar-refractivity contribution in [3.63, 3.8) is 0 Å². The first-order valence-corrected chi connectivity index (χ1v) is 10.4. The van der Waals surface area contributed by atoms with E-state index in [1.54, 1.807) is 31.3 Å². The van der Waals surface area contributed by atoms with Gasteiger partial charge in [0.25, 0.3) is 11.8 Å². The van der Waals surface area contributed by atoms with Gasteiger partial charge in [-0.3, -0.25) is 9.59 Å². The van der Waals surface area contributed by atoms with Crippen LogP contribution in [0.15, 0.2) is 24.3 Å². The van der Waals surface area contributed by atoms with Crippen LogP contribution in [-0.2, 0) is 9.84 Å². The number of nitrogens with zero attached hydrogens (tertiary/aromatic N) is 1. The number of hydrogen-bond acceptors (Lipinski definition) is 4. The lowest BCUT2D eigenvalue weighted by molar-refractivity contribution is 0.0747. The highest BCUT2D eigenvalue weighted by atomic mass is 32.2. The summed E-state index contributed by atoms with van der Waals surface area (Å²) in [5.74, 6) is 0.156. The van der Waals surface area contributed by atoms with Crippen LogP contribution >= 0.6 is 0 Å². The predicted octanol–water partition coefficient (Wildman–Crippen LogP) is 1.72. The lowest BCUT2D eigenvalue weighted by Crippen LogP contribution is -2.38. The molecule has 1 aliphatic rings. The van der Waals surface area contributed by atoms with E-state index in [0.29, 0.717) is 30.0 Å². The molecule has 0 aliphatic carbocycles. The average molecular weight is 366 g/mol. The molecule has 1 aromatic rings. The summed E-state index contributed by atoms with van der Waals surface area (Å²) >= 11 is 0. The molecule has 1 unspecified atom stereocenters. The standard InChI is InChI=1S/C18H26N2O4S/c1-13(2)7-9-19-17(21)14-5-4-6-15(11-14)18(22)20(3)16-8-10-25(23,24)12-16/h4-6,11,13,16H,7-10,12H2,1-3H3,(H,19,21). The molecule has 1 saturated heterocycles. The van der Waals surface area contributed by atoms with Crippen molar-refractivity contribution in [2.24, 2.45) is 5.92 Å². The average Bonchev–Trinajstić information content (AvgIpc) is 2.93. The molecular weight excluding hydrogens is 340 g/mol. The van der Waals surface area contributed by atoms with Gasteiger partial charge in [0.05, 0.1) is 11.5 Å². The molecule has 1 aliphatic heterocycles. The van der Waals surface area contributed by atoms with Gasteiger partial charge in [-0.1, -0.05) is 19.9 Å². The van der Waals surface area contributed by atoms with Crippen molar-refractivity contribution in [2.75, 3.05) is 25.1 Å². The minimum atomic E-state index is -3.05. The Labute approximate surface area is 149 Å². The highest BCUT2D eigenvalue weighted by molar-refractivity contribution is 7.91. The number of nitrogens with one attached hydrogen (secondary N) is 1. The Kier molecular flexibility index (Phi) is 6.21. The highest BCUT2D eigenvalue weighted by Gasteiger charge is 2.33. The summed E-state index contributed by atoms with van der Waals surface area (Å²) in [5.41, 5.74) is 0.824. The second-order valence-corrected chi connectivity index (χ2v) is 9.22. The third-order valence-electron chi connectivity index (χ3n) is 4.46. The van der Waals surface area contributed by atoms with Gasteiger partial charge in [-0.15, -0.1) is 0 Å². The molecule has 1 N–H and O–H groups in total. The number of rotatable bonds is 6. The second kappa shape index (κ2) is 7.99. The van der Waals surface area contributed by atoms with E-state index in [1.165, 1.54) is 4.90 Å². The molecule has 1 heterocycles. The smallest absolute Gasteiger partial charge is 0.253 e. The van der Waals surface area contributed by atoms with Gasteiger partial charge >= 0.3 is 0 Å². The van der Waals surface area contributed by atoms with Crippen LogP contribution in [0.2, 0.25) is 0 Å². The van der Waals surface area contributed by atoms with Crippen LogP contribution in [0.3, 0.4) is 0 Å². The Morgan fingerprint density at radius 2 is 1.96 bits per heavy atom. The quantitative estimate of drug-likeness (QED) is 0.831. The molecular formula is C18H26N2O4S. The van der Waals surface area contributed by atoms with E-state index in [9.17, 15) is 18.0 Å². The van der Waals surface area contributed by atoms with Crippen LogP contribution in [0.25, 0.3) is 0 Å². The largest absolute Gasteiger partial charge is 0.352 e. The fourth-order valence-electron chi connectivity index (χ4n) is 2.82. The molecule has 0 aromatic heterocycles. The normalized spacial score (nSPS) is 19.0. The van der Waals surface area contributed by atoms with E-state index >= 15 is 0 Å². The maximum absolute atomic E-state index is 12.6. The van der Waals surface area contributed by atoms with E-state index in [1.807, 2.05) is 0 Å². The summed E-state index contributed by atoms with van der Waals surface area (Å²) in [6.45, 7) is 4.77. The van der Waals surface area contributed by atoms with Crippen LogP contribution in [0, 0.1) is 5.92 Å². The fourth-order valence-corrected chi connectivity index (χ4v) is 4.59. The van der Waals surface area contributed by atoms with E-state index in [2.05, 4.69) is 19.2 Å². The number of carbonyl (C=O) groups excluding carboxylic acids is 2. The van der Waals surface area contributed by atoms with Crippen molar-refractivity contribution in [2.45, 2.75) is 32.7 Å². The second-order valence-electron chi connectivity index (χ2n) is 6.99. The van der Waals surface area contributed by atoms with Crippen LogP contribution in [0.1, 0.15) is 47.4 Å². The van der Waals surface area contributed by atoms with Crippen LogP contribution in [-0.4, -0.2) is 56.3 Å². The third-order valence-corrected chi connectivity index (χ3v) is 6.21.